The van der Waals surface area contributed by atoms with Crippen LogP contribution in [0.3, 0.4) is 0 Å². The molecule has 2 aromatic carbocycles. The molecule has 0 aliphatic carbocycles. The van der Waals surface area contributed by atoms with Crippen LogP contribution >= 0.6 is 11.6 Å². The monoisotopic (exact) mass is 378 g/mol. The van der Waals surface area contributed by atoms with Gasteiger partial charge in [-0.15, -0.1) is 0 Å². The molecule has 2 heterocycles. The molecule has 0 spiro atoms. The molecule has 136 valence electrons. The average molecular weight is 379 g/mol. The second-order valence-electron chi connectivity index (χ2n) is 6.78. The van der Waals surface area contributed by atoms with Gasteiger partial charge in [0.05, 0.1) is 16.4 Å². The molecule has 0 unspecified atom stereocenters. The van der Waals surface area contributed by atoms with E-state index in [0.29, 0.717) is 34.0 Å². The van der Waals surface area contributed by atoms with E-state index in [9.17, 15) is 4.79 Å². The Kier molecular flexibility index (Phi) is 4.32. The maximum atomic E-state index is 12.7. The first-order valence-corrected chi connectivity index (χ1v) is 9.11. The molecule has 0 aliphatic rings. The van der Waals surface area contributed by atoms with Crippen molar-refractivity contribution in [1.82, 2.24) is 19.7 Å². The zero-order valence-electron chi connectivity index (χ0n) is 15.4. The number of aryl methyl sites for hydroxylation is 3. The minimum atomic E-state index is -0.185. The number of halogens is 1. The maximum absolute atomic E-state index is 12.7. The Morgan fingerprint density at radius 1 is 1.07 bits per heavy atom. The Morgan fingerprint density at radius 3 is 2.52 bits per heavy atom. The number of hydrogen-bond donors (Lipinski definition) is 1. The second kappa shape index (κ2) is 6.67. The topological polar surface area (TPSA) is 63.6 Å². The number of nitrogens with zero attached hydrogens (tertiary/aromatic N) is 3. The van der Waals surface area contributed by atoms with Gasteiger partial charge in [0, 0.05) is 6.42 Å². The summed E-state index contributed by atoms with van der Waals surface area (Å²) < 4.78 is 1.68. The molecule has 5 nitrogen and oxygen atoms in total. The zero-order chi connectivity index (χ0) is 19.1. The van der Waals surface area contributed by atoms with Gasteiger partial charge < -0.3 is 4.98 Å². The van der Waals surface area contributed by atoms with Crippen molar-refractivity contribution < 1.29 is 0 Å². The number of H-pyrrole nitrogens is 1. The molecule has 0 amide bonds. The summed E-state index contributed by atoms with van der Waals surface area (Å²) in [6, 6.07) is 13.8. The SMILES string of the molecule is Cc1ccc(Cc2nc3c(c(C)nn3-c3c(C)cccc3Cl)c(=O)[nH]2)cc1. The molecule has 4 aromatic rings. The Morgan fingerprint density at radius 2 is 1.81 bits per heavy atom. The van der Waals surface area contributed by atoms with Gasteiger partial charge in [0.15, 0.2) is 5.65 Å². The van der Waals surface area contributed by atoms with Crippen molar-refractivity contribution in [3.05, 3.63) is 86.0 Å². The standard InChI is InChI=1S/C21H19ClN4O/c1-12-7-9-15(10-8-12)11-17-23-20-18(21(27)24-17)14(3)25-26(20)19-13(2)5-4-6-16(19)22/h4-10H,11H2,1-3H3,(H,23,24,27). The lowest BCUT2D eigenvalue weighted by molar-refractivity contribution is 0.860. The number of hydrogen-bond acceptors (Lipinski definition) is 3. The average Bonchev–Trinajstić information content (AvgIpc) is 2.94. The molecule has 0 radical (unpaired) electrons. The second-order valence-corrected chi connectivity index (χ2v) is 7.18. The normalized spacial score (nSPS) is 11.3. The summed E-state index contributed by atoms with van der Waals surface area (Å²) >= 11 is 6.42. The van der Waals surface area contributed by atoms with Crippen molar-refractivity contribution in [1.29, 1.82) is 0 Å². The van der Waals surface area contributed by atoms with E-state index in [4.69, 9.17) is 16.6 Å². The molecule has 0 aliphatic heterocycles. The van der Waals surface area contributed by atoms with Crippen molar-refractivity contribution in [2.24, 2.45) is 0 Å². The Hall–Kier alpha value is -2.92. The molecule has 0 fully saturated rings. The van der Waals surface area contributed by atoms with Gasteiger partial charge >= 0.3 is 0 Å². The summed E-state index contributed by atoms with van der Waals surface area (Å²) in [5, 5.41) is 5.61. The van der Waals surface area contributed by atoms with E-state index in [-0.39, 0.29) is 5.56 Å². The van der Waals surface area contributed by atoms with Gasteiger partial charge in [-0.3, -0.25) is 4.79 Å². The van der Waals surface area contributed by atoms with E-state index in [1.54, 1.807) is 4.68 Å². The van der Waals surface area contributed by atoms with Crippen molar-refractivity contribution in [3.63, 3.8) is 0 Å². The number of aromatic amines is 1. The highest BCUT2D eigenvalue weighted by Crippen LogP contribution is 2.27. The van der Waals surface area contributed by atoms with Crippen molar-refractivity contribution in [3.8, 4) is 5.69 Å². The smallest absolute Gasteiger partial charge is 0.262 e. The molecule has 27 heavy (non-hydrogen) atoms. The van der Waals surface area contributed by atoms with Crippen molar-refractivity contribution in [2.75, 3.05) is 0 Å². The Balaban J connectivity index is 1.90. The van der Waals surface area contributed by atoms with Gasteiger partial charge in [0.25, 0.3) is 5.56 Å². The number of para-hydroxylation sites is 1. The van der Waals surface area contributed by atoms with Crippen LogP contribution in [0.15, 0.2) is 47.3 Å². The highest BCUT2D eigenvalue weighted by molar-refractivity contribution is 6.32. The fourth-order valence-electron chi connectivity index (χ4n) is 3.26. The molecule has 1 N–H and O–H groups in total. The van der Waals surface area contributed by atoms with E-state index in [2.05, 4.69) is 10.1 Å². The van der Waals surface area contributed by atoms with E-state index in [1.807, 2.05) is 63.2 Å². The molecule has 0 atom stereocenters. The lowest BCUT2D eigenvalue weighted by atomic mass is 10.1. The van der Waals surface area contributed by atoms with Gasteiger partial charge in [-0.25, -0.2) is 9.67 Å². The minimum absolute atomic E-state index is 0.185. The van der Waals surface area contributed by atoms with E-state index < -0.39 is 0 Å². The molecule has 2 aromatic heterocycles. The Labute approximate surface area is 161 Å². The fourth-order valence-corrected chi connectivity index (χ4v) is 3.57. The van der Waals surface area contributed by atoms with Gasteiger partial charge in [-0.1, -0.05) is 53.6 Å². The summed E-state index contributed by atoms with van der Waals surface area (Å²) in [6.45, 7) is 5.81. The van der Waals surface area contributed by atoms with Crippen LogP contribution in [-0.4, -0.2) is 19.7 Å². The van der Waals surface area contributed by atoms with E-state index >= 15 is 0 Å². The highest BCUT2D eigenvalue weighted by Gasteiger charge is 2.18. The summed E-state index contributed by atoms with van der Waals surface area (Å²) in [6.07, 6.45) is 0.539. The number of aromatic nitrogens is 4. The molecule has 0 bridgehead atoms. The molecule has 0 saturated heterocycles. The largest absolute Gasteiger partial charge is 0.310 e. The number of fused-ring (bicyclic) bond motifs is 1. The predicted octanol–water partition coefficient (Wildman–Crippen LogP) is 4.28. The molecular weight excluding hydrogens is 360 g/mol. The van der Waals surface area contributed by atoms with E-state index in [1.165, 1.54) is 5.56 Å². The summed E-state index contributed by atoms with van der Waals surface area (Å²) in [7, 11) is 0. The van der Waals surface area contributed by atoms with Gasteiger partial charge in [0.2, 0.25) is 0 Å². The number of nitrogens with one attached hydrogen (secondary N) is 1. The molecule has 4 rings (SSSR count). The lowest BCUT2D eigenvalue weighted by Gasteiger charge is -2.09. The van der Waals surface area contributed by atoms with Crippen molar-refractivity contribution in [2.45, 2.75) is 27.2 Å². The molecule has 6 heteroatoms. The van der Waals surface area contributed by atoms with Gasteiger partial charge in [-0.05, 0) is 38.0 Å². The third-order valence-electron chi connectivity index (χ3n) is 4.65. The summed E-state index contributed by atoms with van der Waals surface area (Å²) in [5.41, 5.74) is 4.95. The molecule has 0 saturated carbocycles. The van der Waals surface area contributed by atoms with Crippen LogP contribution in [0, 0.1) is 20.8 Å². The first kappa shape index (κ1) is 17.5. The van der Waals surface area contributed by atoms with Gasteiger partial charge in [-0.2, -0.15) is 5.10 Å². The first-order valence-electron chi connectivity index (χ1n) is 8.73. The highest BCUT2D eigenvalue weighted by atomic mass is 35.5. The van der Waals surface area contributed by atoms with E-state index in [0.717, 1.165) is 16.8 Å². The van der Waals surface area contributed by atoms with Crippen LogP contribution in [-0.2, 0) is 6.42 Å². The quantitative estimate of drug-likeness (QED) is 0.578. The fraction of sp³-hybridized carbons (Fsp3) is 0.190. The maximum Gasteiger partial charge on any atom is 0.262 e. The van der Waals surface area contributed by atoms with Crippen molar-refractivity contribution >= 4 is 22.6 Å². The minimum Gasteiger partial charge on any atom is -0.310 e. The number of benzene rings is 2. The van der Waals surface area contributed by atoms with Gasteiger partial charge in [0.1, 0.15) is 11.2 Å². The lowest BCUT2D eigenvalue weighted by Crippen LogP contribution is -2.13. The predicted molar refractivity (Wildman–Crippen MR) is 108 cm³/mol. The van der Waals surface area contributed by atoms with Crippen LogP contribution in [0.4, 0.5) is 0 Å². The number of rotatable bonds is 3. The third kappa shape index (κ3) is 3.15. The zero-order valence-corrected chi connectivity index (χ0v) is 16.1. The third-order valence-corrected chi connectivity index (χ3v) is 4.96. The van der Waals surface area contributed by atoms with Crippen LogP contribution in [0.5, 0.6) is 0 Å². The van der Waals surface area contributed by atoms with Crippen LogP contribution in [0.2, 0.25) is 5.02 Å². The summed E-state index contributed by atoms with van der Waals surface area (Å²) in [4.78, 5) is 20.3. The van der Waals surface area contributed by atoms with Crippen LogP contribution in [0.25, 0.3) is 16.7 Å². The molecular formula is C21H19ClN4O. The summed E-state index contributed by atoms with van der Waals surface area (Å²) in [5.74, 6) is 0.599. The Bertz CT molecular complexity index is 1190. The van der Waals surface area contributed by atoms with Crippen LogP contribution < -0.4 is 5.56 Å². The van der Waals surface area contributed by atoms with Crippen LogP contribution in [0.1, 0.15) is 28.2 Å². The first-order chi connectivity index (χ1) is 12.9.